The van der Waals surface area contributed by atoms with Crippen LogP contribution in [0.5, 0.6) is 0 Å². The first kappa shape index (κ1) is 14.9. The zero-order chi connectivity index (χ0) is 12.5. The Labute approximate surface area is 105 Å². The van der Waals surface area contributed by atoms with E-state index in [1.165, 1.54) is 12.8 Å². The first-order valence-electron chi connectivity index (χ1n) is 6.87. The van der Waals surface area contributed by atoms with Crippen molar-refractivity contribution in [1.82, 2.24) is 4.90 Å². The summed E-state index contributed by atoms with van der Waals surface area (Å²) < 4.78 is 11.1. The molecular formula is C13H28N2O2. The van der Waals surface area contributed by atoms with Gasteiger partial charge in [-0.3, -0.25) is 4.90 Å². The van der Waals surface area contributed by atoms with E-state index in [1.54, 1.807) is 0 Å². The van der Waals surface area contributed by atoms with E-state index in [-0.39, 0.29) is 0 Å². The van der Waals surface area contributed by atoms with Gasteiger partial charge in [0, 0.05) is 32.3 Å². The monoisotopic (exact) mass is 244 g/mol. The zero-order valence-corrected chi connectivity index (χ0v) is 11.4. The van der Waals surface area contributed by atoms with Crippen molar-refractivity contribution in [3.63, 3.8) is 0 Å². The number of hydrogen-bond acceptors (Lipinski definition) is 4. The number of nitrogens with two attached hydrogens (primary N) is 1. The summed E-state index contributed by atoms with van der Waals surface area (Å²) in [5.41, 5.74) is 5.39. The molecule has 1 aliphatic rings. The molecule has 2 N–H and O–H groups in total. The van der Waals surface area contributed by atoms with E-state index in [1.807, 2.05) is 0 Å². The highest BCUT2D eigenvalue weighted by atomic mass is 16.5. The Morgan fingerprint density at radius 1 is 1.35 bits per heavy atom. The zero-order valence-electron chi connectivity index (χ0n) is 11.4. The van der Waals surface area contributed by atoms with Crippen LogP contribution in [0.3, 0.4) is 0 Å². The van der Waals surface area contributed by atoms with Gasteiger partial charge in [-0.05, 0) is 33.1 Å². The van der Waals surface area contributed by atoms with E-state index >= 15 is 0 Å². The summed E-state index contributed by atoms with van der Waals surface area (Å²) in [6, 6.07) is 0.567. The molecule has 0 radical (unpaired) electrons. The Hall–Kier alpha value is -0.160. The van der Waals surface area contributed by atoms with Gasteiger partial charge in [0.15, 0.2) is 0 Å². The number of rotatable bonds is 9. The van der Waals surface area contributed by atoms with Crippen LogP contribution in [0.1, 0.15) is 33.1 Å². The van der Waals surface area contributed by atoms with E-state index in [9.17, 15) is 0 Å². The van der Waals surface area contributed by atoms with E-state index < -0.39 is 0 Å². The fourth-order valence-electron chi connectivity index (χ4n) is 2.18. The Morgan fingerprint density at radius 3 is 2.76 bits per heavy atom. The van der Waals surface area contributed by atoms with Crippen molar-refractivity contribution in [3.05, 3.63) is 0 Å². The molecule has 1 atom stereocenters. The number of hydrogen-bond donors (Lipinski definition) is 1. The van der Waals surface area contributed by atoms with Crippen LogP contribution in [-0.4, -0.2) is 56.5 Å². The third-order valence-corrected chi connectivity index (χ3v) is 3.28. The van der Waals surface area contributed by atoms with Crippen LogP contribution >= 0.6 is 0 Å². The molecule has 0 aromatic heterocycles. The summed E-state index contributed by atoms with van der Waals surface area (Å²) in [7, 11) is 0. The molecule has 17 heavy (non-hydrogen) atoms. The van der Waals surface area contributed by atoms with E-state index in [0.29, 0.717) is 25.3 Å². The fraction of sp³-hybridized carbons (Fsp3) is 1.00. The minimum absolute atomic E-state index is 0.487. The lowest BCUT2D eigenvalue weighted by atomic mass is 10.1. The molecule has 1 unspecified atom stereocenters. The summed E-state index contributed by atoms with van der Waals surface area (Å²) in [4.78, 5) is 2.46. The summed E-state index contributed by atoms with van der Waals surface area (Å²) in [5.74, 6) is 0. The molecule has 102 valence electrons. The summed E-state index contributed by atoms with van der Waals surface area (Å²) in [6.07, 6.45) is 4.10. The van der Waals surface area contributed by atoms with Crippen molar-refractivity contribution < 1.29 is 9.47 Å². The summed E-state index contributed by atoms with van der Waals surface area (Å²) in [5, 5.41) is 0. The van der Waals surface area contributed by atoms with Gasteiger partial charge in [0.1, 0.15) is 0 Å². The van der Waals surface area contributed by atoms with Crippen molar-refractivity contribution in [2.24, 2.45) is 5.73 Å². The Morgan fingerprint density at radius 2 is 2.18 bits per heavy atom. The van der Waals surface area contributed by atoms with Gasteiger partial charge in [0.25, 0.3) is 0 Å². The molecule has 0 saturated carbocycles. The molecule has 1 saturated heterocycles. The molecule has 4 nitrogen and oxygen atoms in total. The van der Waals surface area contributed by atoms with E-state index in [4.69, 9.17) is 15.2 Å². The van der Waals surface area contributed by atoms with Gasteiger partial charge in [-0.25, -0.2) is 0 Å². The number of nitrogens with zero attached hydrogens (tertiary/aromatic N) is 1. The second-order valence-corrected chi connectivity index (χ2v) is 4.95. The maximum Gasteiger partial charge on any atom is 0.0594 e. The highest BCUT2D eigenvalue weighted by Crippen LogP contribution is 2.16. The molecule has 0 bridgehead atoms. The molecule has 0 spiro atoms. The fourth-order valence-corrected chi connectivity index (χ4v) is 2.18. The normalized spacial score (nSPS) is 20.6. The predicted molar refractivity (Wildman–Crippen MR) is 70.2 cm³/mol. The molecule has 0 aromatic rings. The molecule has 1 fully saturated rings. The SMILES string of the molecule is CC(C)N(CCOCCN)CCC1CCCO1. The maximum atomic E-state index is 5.65. The molecule has 0 amide bonds. The molecule has 1 rings (SSSR count). The summed E-state index contributed by atoms with van der Waals surface area (Å²) in [6.45, 7) is 9.57. The van der Waals surface area contributed by atoms with Crippen LogP contribution in [0.4, 0.5) is 0 Å². The van der Waals surface area contributed by atoms with Gasteiger partial charge in [-0.15, -0.1) is 0 Å². The molecule has 1 aliphatic heterocycles. The molecule has 0 aliphatic carbocycles. The lowest BCUT2D eigenvalue weighted by molar-refractivity contribution is 0.0690. The second-order valence-electron chi connectivity index (χ2n) is 4.95. The van der Waals surface area contributed by atoms with Crippen LogP contribution in [-0.2, 0) is 9.47 Å². The van der Waals surface area contributed by atoms with Gasteiger partial charge in [0.05, 0.1) is 19.3 Å². The van der Waals surface area contributed by atoms with Crippen molar-refractivity contribution >= 4 is 0 Å². The third-order valence-electron chi connectivity index (χ3n) is 3.28. The second kappa shape index (κ2) is 8.86. The average molecular weight is 244 g/mol. The van der Waals surface area contributed by atoms with Crippen LogP contribution in [0.2, 0.25) is 0 Å². The lowest BCUT2D eigenvalue weighted by Crippen LogP contribution is -2.36. The lowest BCUT2D eigenvalue weighted by Gasteiger charge is -2.27. The average Bonchev–Trinajstić information content (AvgIpc) is 2.80. The quantitative estimate of drug-likeness (QED) is 0.620. The number of ether oxygens (including phenoxy) is 2. The van der Waals surface area contributed by atoms with E-state index in [2.05, 4.69) is 18.7 Å². The minimum atomic E-state index is 0.487. The molecule has 0 aromatic carbocycles. The summed E-state index contributed by atoms with van der Waals surface area (Å²) >= 11 is 0. The van der Waals surface area contributed by atoms with Crippen LogP contribution in [0, 0.1) is 0 Å². The smallest absolute Gasteiger partial charge is 0.0594 e. The van der Waals surface area contributed by atoms with Gasteiger partial charge < -0.3 is 15.2 Å². The van der Waals surface area contributed by atoms with Crippen molar-refractivity contribution in [1.29, 1.82) is 0 Å². The van der Waals surface area contributed by atoms with Crippen LogP contribution < -0.4 is 5.73 Å². The van der Waals surface area contributed by atoms with Gasteiger partial charge in [0.2, 0.25) is 0 Å². The Balaban J connectivity index is 2.13. The maximum absolute atomic E-state index is 5.65. The Kier molecular flexibility index (Phi) is 7.77. The first-order chi connectivity index (χ1) is 8.24. The van der Waals surface area contributed by atoms with Crippen LogP contribution in [0.15, 0.2) is 0 Å². The topological polar surface area (TPSA) is 47.7 Å². The van der Waals surface area contributed by atoms with Crippen molar-refractivity contribution in [2.45, 2.75) is 45.3 Å². The van der Waals surface area contributed by atoms with E-state index in [0.717, 1.165) is 32.7 Å². The van der Waals surface area contributed by atoms with Gasteiger partial charge in [-0.1, -0.05) is 0 Å². The third kappa shape index (κ3) is 6.36. The van der Waals surface area contributed by atoms with Crippen molar-refractivity contribution in [2.75, 3.05) is 39.5 Å². The highest BCUT2D eigenvalue weighted by Gasteiger charge is 2.17. The van der Waals surface area contributed by atoms with Gasteiger partial charge in [-0.2, -0.15) is 0 Å². The Bertz CT molecular complexity index is 182. The predicted octanol–water partition coefficient (Wildman–Crippen LogP) is 1.24. The minimum Gasteiger partial charge on any atom is -0.379 e. The standard InChI is InChI=1S/C13H28N2O2/c1-12(2)15(8-11-16-10-6-14)7-5-13-4-3-9-17-13/h12-13H,3-11,14H2,1-2H3. The molecular weight excluding hydrogens is 216 g/mol. The molecule has 1 heterocycles. The van der Waals surface area contributed by atoms with Crippen molar-refractivity contribution in [3.8, 4) is 0 Å². The largest absolute Gasteiger partial charge is 0.379 e. The highest BCUT2D eigenvalue weighted by molar-refractivity contribution is 4.70. The van der Waals surface area contributed by atoms with Crippen LogP contribution in [0.25, 0.3) is 0 Å². The first-order valence-corrected chi connectivity index (χ1v) is 6.87. The molecule has 4 heteroatoms. The van der Waals surface area contributed by atoms with Gasteiger partial charge >= 0.3 is 0 Å².